The van der Waals surface area contributed by atoms with E-state index in [1.807, 2.05) is 0 Å². The SMILES string of the molecule is Fc1ccc(CCOCCN2CCNCC2)c(F)c1. The fourth-order valence-corrected chi connectivity index (χ4v) is 2.14. The first-order valence-corrected chi connectivity index (χ1v) is 6.70. The molecule has 1 aromatic rings. The van der Waals surface area contributed by atoms with Crippen LogP contribution in [0.15, 0.2) is 18.2 Å². The number of nitrogens with one attached hydrogen (secondary N) is 1. The van der Waals surface area contributed by atoms with E-state index in [4.69, 9.17) is 4.74 Å². The third-order valence-electron chi connectivity index (χ3n) is 3.29. The number of ether oxygens (including phenoxy) is 1. The predicted octanol–water partition coefficient (Wildman–Crippen LogP) is 1.43. The van der Waals surface area contributed by atoms with Crippen molar-refractivity contribution in [1.82, 2.24) is 10.2 Å². The number of piperazine rings is 1. The first kappa shape index (κ1) is 14.4. The van der Waals surface area contributed by atoms with Crippen molar-refractivity contribution in [2.45, 2.75) is 6.42 Å². The highest BCUT2D eigenvalue weighted by Crippen LogP contribution is 2.10. The fraction of sp³-hybridized carbons (Fsp3) is 0.571. The van der Waals surface area contributed by atoms with Crippen LogP contribution in [0.1, 0.15) is 5.56 Å². The molecule has 19 heavy (non-hydrogen) atoms. The van der Waals surface area contributed by atoms with Crippen LogP contribution in [0.25, 0.3) is 0 Å². The number of nitrogens with zero attached hydrogens (tertiary/aromatic N) is 1. The van der Waals surface area contributed by atoms with E-state index in [9.17, 15) is 8.78 Å². The summed E-state index contributed by atoms with van der Waals surface area (Å²) < 4.78 is 31.6. The van der Waals surface area contributed by atoms with Crippen LogP contribution in [0.3, 0.4) is 0 Å². The van der Waals surface area contributed by atoms with E-state index in [2.05, 4.69) is 10.2 Å². The van der Waals surface area contributed by atoms with Gasteiger partial charge < -0.3 is 10.1 Å². The van der Waals surface area contributed by atoms with Gasteiger partial charge in [0.2, 0.25) is 0 Å². The largest absolute Gasteiger partial charge is 0.380 e. The third kappa shape index (κ3) is 4.86. The monoisotopic (exact) mass is 270 g/mol. The highest BCUT2D eigenvalue weighted by Gasteiger charge is 2.08. The zero-order valence-electron chi connectivity index (χ0n) is 11.0. The summed E-state index contributed by atoms with van der Waals surface area (Å²) in [5, 5.41) is 3.29. The van der Waals surface area contributed by atoms with Crippen LogP contribution >= 0.6 is 0 Å². The van der Waals surface area contributed by atoms with E-state index in [0.29, 0.717) is 25.2 Å². The molecule has 0 atom stereocenters. The summed E-state index contributed by atoms with van der Waals surface area (Å²) in [7, 11) is 0. The molecule has 0 aliphatic carbocycles. The minimum Gasteiger partial charge on any atom is -0.380 e. The summed E-state index contributed by atoms with van der Waals surface area (Å²) in [4.78, 5) is 2.34. The Bertz CT molecular complexity index is 395. The van der Waals surface area contributed by atoms with Gasteiger partial charge in [-0.15, -0.1) is 0 Å². The summed E-state index contributed by atoms with van der Waals surface area (Å²) in [5.41, 5.74) is 0.503. The number of halogens is 2. The molecular formula is C14H20F2N2O. The standard InChI is InChI=1S/C14H20F2N2O/c15-13-2-1-12(14(16)11-13)3-9-19-10-8-18-6-4-17-5-7-18/h1-2,11,17H,3-10H2. The highest BCUT2D eigenvalue weighted by atomic mass is 19.1. The second-order valence-corrected chi connectivity index (χ2v) is 4.69. The van der Waals surface area contributed by atoms with Crippen molar-refractivity contribution in [2.24, 2.45) is 0 Å². The molecule has 3 nitrogen and oxygen atoms in total. The summed E-state index contributed by atoms with van der Waals surface area (Å²) in [6, 6.07) is 3.67. The molecule has 1 aromatic carbocycles. The van der Waals surface area contributed by atoms with E-state index >= 15 is 0 Å². The van der Waals surface area contributed by atoms with Crippen LogP contribution in [-0.4, -0.2) is 50.8 Å². The van der Waals surface area contributed by atoms with E-state index in [0.717, 1.165) is 38.8 Å². The Kier molecular flexibility index (Phi) is 5.69. The van der Waals surface area contributed by atoms with Crippen LogP contribution in [0.4, 0.5) is 8.78 Å². The maximum Gasteiger partial charge on any atom is 0.129 e. The summed E-state index contributed by atoms with van der Waals surface area (Å²) in [6.07, 6.45) is 0.480. The molecule has 1 fully saturated rings. The zero-order chi connectivity index (χ0) is 13.5. The van der Waals surface area contributed by atoms with Crippen molar-refractivity contribution in [2.75, 3.05) is 45.9 Å². The van der Waals surface area contributed by atoms with Gasteiger partial charge in [-0.1, -0.05) is 6.07 Å². The van der Waals surface area contributed by atoms with E-state index in [1.54, 1.807) is 0 Å². The Hall–Kier alpha value is -1.04. The van der Waals surface area contributed by atoms with Gasteiger partial charge in [-0.05, 0) is 18.1 Å². The zero-order valence-corrected chi connectivity index (χ0v) is 11.0. The molecule has 106 valence electrons. The predicted molar refractivity (Wildman–Crippen MR) is 70.2 cm³/mol. The lowest BCUT2D eigenvalue weighted by atomic mass is 10.1. The third-order valence-corrected chi connectivity index (χ3v) is 3.29. The Morgan fingerprint density at radius 1 is 1.16 bits per heavy atom. The van der Waals surface area contributed by atoms with Gasteiger partial charge in [0.25, 0.3) is 0 Å². The average molecular weight is 270 g/mol. The molecule has 0 radical (unpaired) electrons. The molecule has 1 saturated heterocycles. The van der Waals surface area contributed by atoms with Crippen molar-refractivity contribution in [3.8, 4) is 0 Å². The Morgan fingerprint density at radius 3 is 2.68 bits per heavy atom. The summed E-state index contributed by atoms with van der Waals surface area (Å²) in [5.74, 6) is -1.04. The molecule has 1 N–H and O–H groups in total. The van der Waals surface area contributed by atoms with Gasteiger partial charge >= 0.3 is 0 Å². The topological polar surface area (TPSA) is 24.5 Å². The molecule has 0 saturated carbocycles. The molecule has 1 heterocycles. The van der Waals surface area contributed by atoms with Gasteiger partial charge in [0.15, 0.2) is 0 Å². The van der Waals surface area contributed by atoms with Gasteiger partial charge in [0.1, 0.15) is 11.6 Å². The lowest BCUT2D eigenvalue weighted by Crippen LogP contribution is -2.44. The van der Waals surface area contributed by atoms with Crippen LogP contribution in [-0.2, 0) is 11.2 Å². The molecule has 1 aliphatic heterocycles. The van der Waals surface area contributed by atoms with Crippen molar-refractivity contribution >= 4 is 0 Å². The van der Waals surface area contributed by atoms with Gasteiger partial charge in [0.05, 0.1) is 13.2 Å². The second kappa shape index (κ2) is 7.53. The first-order chi connectivity index (χ1) is 9.25. The van der Waals surface area contributed by atoms with Gasteiger partial charge in [-0.25, -0.2) is 8.78 Å². The maximum absolute atomic E-state index is 13.3. The molecule has 0 amide bonds. The molecule has 0 aromatic heterocycles. The molecule has 0 unspecified atom stereocenters. The van der Waals surface area contributed by atoms with Crippen LogP contribution in [0.5, 0.6) is 0 Å². The number of benzene rings is 1. The Balaban J connectivity index is 1.61. The maximum atomic E-state index is 13.3. The number of hydrogen-bond donors (Lipinski definition) is 1. The van der Waals surface area contributed by atoms with E-state index in [-0.39, 0.29) is 0 Å². The van der Waals surface area contributed by atoms with E-state index in [1.165, 1.54) is 12.1 Å². The van der Waals surface area contributed by atoms with E-state index < -0.39 is 11.6 Å². The molecular weight excluding hydrogens is 250 g/mol. The van der Waals surface area contributed by atoms with Crippen LogP contribution in [0.2, 0.25) is 0 Å². The highest BCUT2D eigenvalue weighted by molar-refractivity contribution is 5.18. The van der Waals surface area contributed by atoms with Crippen molar-refractivity contribution in [1.29, 1.82) is 0 Å². The second-order valence-electron chi connectivity index (χ2n) is 4.69. The average Bonchev–Trinajstić information content (AvgIpc) is 2.42. The molecule has 5 heteroatoms. The summed E-state index contributed by atoms with van der Waals surface area (Å²) in [6.45, 7) is 6.19. The first-order valence-electron chi connectivity index (χ1n) is 6.70. The number of rotatable bonds is 6. The summed E-state index contributed by atoms with van der Waals surface area (Å²) >= 11 is 0. The normalized spacial score (nSPS) is 16.7. The van der Waals surface area contributed by atoms with Gasteiger partial charge in [0, 0.05) is 38.8 Å². The molecule has 1 aliphatic rings. The molecule has 2 rings (SSSR count). The van der Waals surface area contributed by atoms with Crippen LogP contribution in [0, 0.1) is 11.6 Å². The van der Waals surface area contributed by atoms with Crippen molar-refractivity contribution in [3.63, 3.8) is 0 Å². The van der Waals surface area contributed by atoms with Gasteiger partial charge in [-0.3, -0.25) is 4.90 Å². The molecule has 0 bridgehead atoms. The molecule has 0 spiro atoms. The van der Waals surface area contributed by atoms with Crippen molar-refractivity contribution < 1.29 is 13.5 Å². The minimum absolute atomic E-state index is 0.467. The fourth-order valence-electron chi connectivity index (χ4n) is 2.14. The minimum atomic E-state index is -0.541. The lowest BCUT2D eigenvalue weighted by Gasteiger charge is -2.26. The Labute approximate surface area is 112 Å². The Morgan fingerprint density at radius 2 is 1.95 bits per heavy atom. The van der Waals surface area contributed by atoms with Gasteiger partial charge in [-0.2, -0.15) is 0 Å². The van der Waals surface area contributed by atoms with Crippen molar-refractivity contribution in [3.05, 3.63) is 35.4 Å². The quantitative estimate of drug-likeness (QED) is 0.791. The lowest BCUT2D eigenvalue weighted by molar-refractivity contribution is 0.101. The van der Waals surface area contributed by atoms with Crippen LogP contribution < -0.4 is 5.32 Å². The smallest absolute Gasteiger partial charge is 0.129 e. The number of hydrogen-bond acceptors (Lipinski definition) is 3.